The van der Waals surface area contributed by atoms with Crippen LogP contribution in [0.4, 0.5) is 5.82 Å². The monoisotopic (exact) mass is 324 g/mol. The molecule has 0 N–H and O–H groups in total. The fraction of sp³-hybridized carbons (Fsp3) is 0.714. The highest BCUT2D eigenvalue weighted by atomic mass is 32.2. The second kappa shape index (κ2) is 4.79. The summed E-state index contributed by atoms with van der Waals surface area (Å²) in [5.41, 5.74) is 0.0974. The minimum Gasteiger partial charge on any atom is -0.481 e. The van der Waals surface area contributed by atoms with Crippen LogP contribution in [0.2, 0.25) is 0 Å². The summed E-state index contributed by atoms with van der Waals surface area (Å²) in [6.45, 7) is 3.03. The van der Waals surface area contributed by atoms with Gasteiger partial charge in [-0.05, 0) is 19.3 Å². The molecule has 0 atom stereocenters. The lowest BCUT2D eigenvalue weighted by Gasteiger charge is -2.48. The maximum absolute atomic E-state index is 12.3. The molecule has 0 radical (unpaired) electrons. The van der Waals surface area contributed by atoms with E-state index in [2.05, 4.69) is 14.9 Å². The van der Waals surface area contributed by atoms with E-state index in [1.54, 1.807) is 11.4 Å². The lowest BCUT2D eigenvalue weighted by atomic mass is 9.79. The van der Waals surface area contributed by atoms with Crippen molar-refractivity contribution in [3.05, 3.63) is 12.4 Å². The van der Waals surface area contributed by atoms with Gasteiger partial charge in [0, 0.05) is 37.7 Å². The smallest absolute Gasteiger partial charge is 0.218 e. The van der Waals surface area contributed by atoms with Crippen molar-refractivity contribution in [1.29, 1.82) is 0 Å². The molecule has 2 saturated heterocycles. The number of methoxy groups -OCH3 is 1. The van der Waals surface area contributed by atoms with E-state index < -0.39 is 10.0 Å². The number of hydrogen-bond donors (Lipinski definition) is 0. The third kappa shape index (κ3) is 2.25. The van der Waals surface area contributed by atoms with Gasteiger partial charge in [0.2, 0.25) is 15.9 Å². The average Bonchev–Trinajstić information content (AvgIpc) is 3.24. The maximum Gasteiger partial charge on any atom is 0.218 e. The number of hydrogen-bond acceptors (Lipinski definition) is 6. The van der Waals surface area contributed by atoms with E-state index >= 15 is 0 Å². The van der Waals surface area contributed by atoms with Crippen molar-refractivity contribution in [1.82, 2.24) is 14.3 Å². The quantitative estimate of drug-likeness (QED) is 0.802. The van der Waals surface area contributed by atoms with Gasteiger partial charge in [0.25, 0.3) is 0 Å². The summed E-state index contributed by atoms with van der Waals surface area (Å²) in [6, 6.07) is 1.82. The standard InChI is InChI=1S/C14H20N4O3S/c1-21-13-6-12(15-10-16-13)17-7-14(8-17)4-5-18(9-14)22(19,20)11-2-3-11/h6,10-11H,2-5,7-9H2,1H3. The van der Waals surface area contributed by atoms with Gasteiger partial charge in [-0.25, -0.2) is 22.7 Å². The summed E-state index contributed by atoms with van der Waals surface area (Å²) < 4.78 is 31.5. The summed E-state index contributed by atoms with van der Waals surface area (Å²) in [6.07, 6.45) is 4.10. The first kappa shape index (κ1) is 14.2. The molecule has 8 heteroatoms. The Morgan fingerprint density at radius 1 is 1.27 bits per heavy atom. The van der Waals surface area contributed by atoms with Gasteiger partial charge in [-0.15, -0.1) is 0 Å². The zero-order valence-corrected chi connectivity index (χ0v) is 13.4. The van der Waals surface area contributed by atoms with E-state index in [0.29, 0.717) is 19.0 Å². The minimum absolute atomic E-state index is 0.0974. The van der Waals surface area contributed by atoms with Crippen molar-refractivity contribution in [2.24, 2.45) is 5.41 Å². The van der Waals surface area contributed by atoms with Gasteiger partial charge in [0.15, 0.2) is 0 Å². The van der Waals surface area contributed by atoms with Crippen LogP contribution in [0.25, 0.3) is 0 Å². The normalized spacial score (nSPS) is 24.5. The van der Waals surface area contributed by atoms with Crippen molar-refractivity contribution in [3.63, 3.8) is 0 Å². The van der Waals surface area contributed by atoms with Crippen LogP contribution in [0.1, 0.15) is 19.3 Å². The lowest BCUT2D eigenvalue weighted by Crippen LogP contribution is -2.58. The first-order valence-electron chi connectivity index (χ1n) is 7.62. The van der Waals surface area contributed by atoms with Crippen molar-refractivity contribution in [3.8, 4) is 5.88 Å². The molecule has 3 heterocycles. The number of rotatable bonds is 4. The highest BCUT2D eigenvalue weighted by molar-refractivity contribution is 7.90. The van der Waals surface area contributed by atoms with Crippen LogP contribution in [0, 0.1) is 5.41 Å². The molecule has 3 fully saturated rings. The van der Waals surface area contributed by atoms with E-state index in [1.165, 1.54) is 6.33 Å². The molecule has 0 amide bonds. The van der Waals surface area contributed by atoms with Crippen LogP contribution in [0.3, 0.4) is 0 Å². The molecule has 22 heavy (non-hydrogen) atoms. The Balaban J connectivity index is 1.42. The van der Waals surface area contributed by atoms with Gasteiger partial charge in [0.05, 0.1) is 12.4 Å². The highest BCUT2D eigenvalue weighted by Gasteiger charge is 2.52. The number of aromatic nitrogens is 2. The van der Waals surface area contributed by atoms with E-state index in [0.717, 1.165) is 38.2 Å². The van der Waals surface area contributed by atoms with Crippen LogP contribution in [-0.2, 0) is 10.0 Å². The first-order valence-corrected chi connectivity index (χ1v) is 9.13. The van der Waals surface area contributed by atoms with Gasteiger partial charge in [0.1, 0.15) is 12.1 Å². The van der Waals surface area contributed by atoms with Gasteiger partial charge in [-0.1, -0.05) is 0 Å². The van der Waals surface area contributed by atoms with Gasteiger partial charge in [-0.3, -0.25) is 0 Å². The minimum atomic E-state index is -3.04. The van der Waals surface area contributed by atoms with Crippen LogP contribution >= 0.6 is 0 Å². The van der Waals surface area contributed by atoms with Crippen molar-refractivity contribution < 1.29 is 13.2 Å². The summed E-state index contributed by atoms with van der Waals surface area (Å²) in [5.74, 6) is 1.40. The molecular weight excluding hydrogens is 304 g/mol. The molecule has 2 aliphatic heterocycles. The molecule has 1 spiro atoms. The Morgan fingerprint density at radius 3 is 2.73 bits per heavy atom. The SMILES string of the molecule is COc1cc(N2CC3(CCN(S(=O)(=O)C4CC4)C3)C2)ncn1. The molecule has 0 bridgehead atoms. The molecule has 0 aromatic carbocycles. The summed E-state index contributed by atoms with van der Waals surface area (Å²) >= 11 is 0. The molecular formula is C14H20N4O3S. The Morgan fingerprint density at radius 2 is 2.05 bits per heavy atom. The number of nitrogens with zero attached hydrogens (tertiary/aromatic N) is 4. The van der Waals surface area contributed by atoms with Gasteiger partial charge < -0.3 is 9.64 Å². The van der Waals surface area contributed by atoms with Gasteiger partial charge >= 0.3 is 0 Å². The van der Waals surface area contributed by atoms with E-state index in [-0.39, 0.29) is 10.7 Å². The van der Waals surface area contributed by atoms with E-state index in [9.17, 15) is 8.42 Å². The molecule has 0 unspecified atom stereocenters. The van der Waals surface area contributed by atoms with Gasteiger partial charge in [-0.2, -0.15) is 0 Å². The van der Waals surface area contributed by atoms with E-state index in [4.69, 9.17) is 4.74 Å². The fourth-order valence-corrected chi connectivity index (χ4v) is 5.44. The summed E-state index contributed by atoms with van der Waals surface area (Å²) in [5, 5.41) is -0.107. The summed E-state index contributed by atoms with van der Waals surface area (Å²) in [7, 11) is -1.45. The van der Waals surface area contributed by atoms with Crippen LogP contribution in [0.15, 0.2) is 12.4 Å². The average molecular weight is 324 g/mol. The Kier molecular flexibility index (Phi) is 3.09. The zero-order valence-electron chi connectivity index (χ0n) is 12.6. The molecule has 3 aliphatic rings. The molecule has 1 aromatic rings. The molecule has 4 rings (SSSR count). The Labute approximate surface area is 130 Å². The van der Waals surface area contributed by atoms with E-state index in [1.807, 2.05) is 6.07 Å². The van der Waals surface area contributed by atoms with Crippen molar-refractivity contribution in [2.45, 2.75) is 24.5 Å². The predicted molar refractivity (Wildman–Crippen MR) is 81.4 cm³/mol. The lowest BCUT2D eigenvalue weighted by molar-refractivity contribution is 0.228. The van der Waals surface area contributed by atoms with Crippen LogP contribution in [-0.4, -0.2) is 61.2 Å². The molecule has 1 aromatic heterocycles. The fourth-order valence-electron chi connectivity index (χ4n) is 3.49. The largest absolute Gasteiger partial charge is 0.481 e. The second-order valence-electron chi connectivity index (χ2n) is 6.60. The van der Waals surface area contributed by atoms with Crippen LogP contribution in [0.5, 0.6) is 5.88 Å². The Bertz CT molecular complexity index is 683. The second-order valence-corrected chi connectivity index (χ2v) is 8.82. The van der Waals surface area contributed by atoms with Crippen molar-refractivity contribution >= 4 is 15.8 Å². The molecule has 120 valence electrons. The molecule has 7 nitrogen and oxygen atoms in total. The zero-order chi connectivity index (χ0) is 15.4. The summed E-state index contributed by atoms with van der Waals surface area (Å²) in [4.78, 5) is 10.4. The first-order chi connectivity index (χ1) is 10.5. The number of sulfonamides is 1. The Hall–Kier alpha value is -1.41. The predicted octanol–water partition coefficient (Wildman–Crippen LogP) is 0.489. The van der Waals surface area contributed by atoms with Crippen molar-refractivity contribution in [2.75, 3.05) is 38.2 Å². The maximum atomic E-state index is 12.3. The molecule has 1 aliphatic carbocycles. The topological polar surface area (TPSA) is 75.6 Å². The third-order valence-corrected chi connectivity index (χ3v) is 7.27. The highest BCUT2D eigenvalue weighted by Crippen LogP contribution is 2.44. The number of ether oxygens (including phenoxy) is 1. The number of anilines is 1. The van der Waals surface area contributed by atoms with Crippen LogP contribution < -0.4 is 9.64 Å². The third-order valence-electron chi connectivity index (χ3n) is 4.92. The molecule has 1 saturated carbocycles.